The number of hydrogen-bond donors (Lipinski definition) is 0. The molecule has 5 rings (SSSR count). The number of fused-ring (bicyclic) bond motifs is 1. The van der Waals surface area contributed by atoms with Crippen LogP contribution in [0.15, 0.2) is 97.2 Å². The molecule has 0 saturated carbocycles. The number of benzene rings is 3. The highest BCUT2D eigenvalue weighted by Crippen LogP contribution is 2.40. The van der Waals surface area contributed by atoms with E-state index in [0.717, 1.165) is 16.7 Å². The van der Waals surface area contributed by atoms with Crippen molar-refractivity contribution in [1.29, 1.82) is 5.26 Å². The predicted octanol–water partition coefficient (Wildman–Crippen LogP) is 6.21. The van der Waals surface area contributed by atoms with Gasteiger partial charge in [0.15, 0.2) is 5.54 Å². The van der Waals surface area contributed by atoms with Crippen molar-refractivity contribution in [3.63, 3.8) is 0 Å². The minimum Gasteiger partial charge on any atom is -0.449 e. The fourth-order valence-corrected chi connectivity index (χ4v) is 4.47. The van der Waals surface area contributed by atoms with Gasteiger partial charge in [-0.3, -0.25) is 4.90 Å². The maximum atomic E-state index is 13.1. The Kier molecular flexibility index (Phi) is 6.29. The van der Waals surface area contributed by atoms with E-state index in [-0.39, 0.29) is 13.0 Å². The van der Waals surface area contributed by atoms with Gasteiger partial charge in [-0.2, -0.15) is 5.26 Å². The van der Waals surface area contributed by atoms with Crippen molar-refractivity contribution in [2.45, 2.75) is 18.9 Å². The van der Waals surface area contributed by atoms with Gasteiger partial charge in [-0.15, -0.1) is 0 Å². The van der Waals surface area contributed by atoms with Gasteiger partial charge in [-0.25, -0.2) is 14.8 Å². The summed E-state index contributed by atoms with van der Waals surface area (Å²) in [5.74, 6) is 0. The molecule has 0 radical (unpaired) electrons. The molecule has 1 amide bonds. The van der Waals surface area contributed by atoms with Crippen LogP contribution in [0.4, 0.5) is 4.79 Å². The van der Waals surface area contributed by atoms with Gasteiger partial charge < -0.3 is 4.74 Å². The number of hydrogen-bond acceptors (Lipinski definition) is 5. The van der Waals surface area contributed by atoms with Crippen molar-refractivity contribution in [2.24, 2.45) is 0 Å². The Bertz CT molecular complexity index is 1450. The summed E-state index contributed by atoms with van der Waals surface area (Å²) in [4.78, 5) is 24.5. The van der Waals surface area contributed by atoms with Crippen LogP contribution in [0.5, 0.6) is 0 Å². The van der Waals surface area contributed by atoms with E-state index >= 15 is 0 Å². The van der Waals surface area contributed by atoms with E-state index in [4.69, 9.17) is 14.7 Å². The van der Waals surface area contributed by atoms with E-state index in [1.165, 1.54) is 4.90 Å². The van der Waals surface area contributed by atoms with Crippen molar-refractivity contribution < 1.29 is 9.53 Å². The first-order valence-electron chi connectivity index (χ1n) is 11.8. The second-order valence-corrected chi connectivity index (χ2v) is 8.41. The van der Waals surface area contributed by atoms with Gasteiger partial charge >= 0.3 is 6.09 Å². The van der Waals surface area contributed by atoms with Crippen LogP contribution >= 0.6 is 0 Å². The lowest BCUT2D eigenvalue weighted by atomic mass is 9.83. The molecule has 6 nitrogen and oxygen atoms in total. The largest absolute Gasteiger partial charge is 0.449 e. The number of carbonyl (C=O) groups excluding carboxylic acids is 1. The fraction of sp³-hybridized carbons (Fsp3) is 0.133. The topological polar surface area (TPSA) is 79.1 Å². The summed E-state index contributed by atoms with van der Waals surface area (Å²) in [5.41, 5.74) is 3.56. The van der Waals surface area contributed by atoms with Crippen molar-refractivity contribution in [1.82, 2.24) is 14.9 Å². The molecule has 0 saturated heterocycles. The highest BCUT2D eigenvalue weighted by Gasteiger charge is 2.47. The molecule has 0 spiro atoms. The molecule has 176 valence electrons. The zero-order chi connectivity index (χ0) is 25.0. The molecule has 1 aromatic heterocycles. The third-order valence-electron chi connectivity index (χ3n) is 6.15. The average Bonchev–Trinajstić information content (AvgIpc) is 2.94. The van der Waals surface area contributed by atoms with Crippen LogP contribution < -0.4 is 0 Å². The van der Waals surface area contributed by atoms with Crippen LogP contribution in [-0.2, 0) is 16.7 Å². The minimum atomic E-state index is -1.44. The van der Waals surface area contributed by atoms with Crippen LogP contribution in [0.25, 0.3) is 28.6 Å². The highest BCUT2D eigenvalue weighted by molar-refractivity contribution is 5.81. The van der Waals surface area contributed by atoms with Crippen LogP contribution in [-0.4, -0.2) is 27.6 Å². The number of aromatic nitrogens is 2. The summed E-state index contributed by atoms with van der Waals surface area (Å²) in [5, 5.41) is 10.7. The molecule has 6 heteroatoms. The third-order valence-corrected chi connectivity index (χ3v) is 6.15. The van der Waals surface area contributed by atoms with Crippen LogP contribution in [0.3, 0.4) is 0 Å². The summed E-state index contributed by atoms with van der Waals surface area (Å²) in [6.07, 6.45) is 2.93. The molecule has 1 aliphatic heterocycles. The highest BCUT2D eigenvalue weighted by atomic mass is 16.6. The Hall–Kier alpha value is -4.76. The summed E-state index contributed by atoms with van der Waals surface area (Å²) in [7, 11) is 0. The Morgan fingerprint density at radius 3 is 2.00 bits per heavy atom. The van der Waals surface area contributed by atoms with Crippen LogP contribution in [0, 0.1) is 11.3 Å². The summed E-state index contributed by atoms with van der Waals surface area (Å²) >= 11 is 0. The van der Waals surface area contributed by atoms with E-state index in [9.17, 15) is 10.1 Å². The maximum Gasteiger partial charge on any atom is 0.415 e. The summed E-state index contributed by atoms with van der Waals surface area (Å²) in [6.45, 7) is 1.93. The molecule has 0 bridgehead atoms. The van der Waals surface area contributed by atoms with Crippen molar-refractivity contribution in [3.8, 4) is 28.6 Å². The standard InChI is InChI=1S/C30H24N4O2/c1-2-36-29(35)34-19-18-25-28(30(34,21-31)20-22-12-6-3-7-13-22)33-27(24-16-10-5-11-17-24)26(32-25)23-14-8-4-9-15-23/h3-19H,2,20H2,1H3. The predicted molar refractivity (Wildman–Crippen MR) is 138 cm³/mol. The molecule has 4 aromatic rings. The molecule has 3 aromatic carbocycles. The van der Waals surface area contributed by atoms with Gasteiger partial charge in [0.2, 0.25) is 0 Å². The zero-order valence-electron chi connectivity index (χ0n) is 19.8. The number of ether oxygens (including phenoxy) is 1. The number of rotatable bonds is 5. The normalized spacial score (nSPS) is 16.2. The van der Waals surface area contributed by atoms with Crippen molar-refractivity contribution in [2.75, 3.05) is 6.61 Å². The van der Waals surface area contributed by atoms with E-state index in [1.54, 1.807) is 19.2 Å². The lowest BCUT2D eigenvalue weighted by molar-refractivity contribution is 0.0923. The molecular weight excluding hydrogens is 448 g/mol. The van der Waals surface area contributed by atoms with E-state index in [0.29, 0.717) is 22.8 Å². The van der Waals surface area contributed by atoms with Gasteiger partial charge in [0, 0.05) is 23.7 Å². The van der Waals surface area contributed by atoms with Crippen molar-refractivity contribution in [3.05, 3.63) is 114 Å². The van der Waals surface area contributed by atoms with Gasteiger partial charge in [0.1, 0.15) is 5.69 Å². The molecule has 0 aliphatic carbocycles. The SMILES string of the molecule is CCOC(=O)N1C=Cc2nc(-c3ccccc3)c(-c3ccccc3)nc2C1(C#N)Cc1ccccc1. The molecule has 1 atom stereocenters. The first-order valence-corrected chi connectivity index (χ1v) is 11.8. The van der Waals surface area contributed by atoms with Gasteiger partial charge in [-0.05, 0) is 18.6 Å². The molecule has 1 unspecified atom stereocenters. The number of nitriles is 1. The third kappa shape index (κ3) is 4.12. The fourth-order valence-electron chi connectivity index (χ4n) is 4.47. The lowest BCUT2D eigenvalue weighted by Gasteiger charge is -2.38. The average molecular weight is 473 g/mol. The van der Waals surface area contributed by atoms with Crippen molar-refractivity contribution >= 4 is 12.2 Å². The number of amides is 1. The Balaban J connectivity index is 1.78. The number of nitrogens with zero attached hydrogens (tertiary/aromatic N) is 4. The lowest BCUT2D eigenvalue weighted by Crippen LogP contribution is -2.50. The second kappa shape index (κ2) is 9.85. The first kappa shape index (κ1) is 23.0. The van der Waals surface area contributed by atoms with Gasteiger partial charge in [0.05, 0.1) is 29.8 Å². The first-order chi connectivity index (χ1) is 17.7. The Morgan fingerprint density at radius 2 is 1.44 bits per heavy atom. The monoisotopic (exact) mass is 472 g/mol. The van der Waals surface area contributed by atoms with Crippen LogP contribution in [0.1, 0.15) is 23.9 Å². The van der Waals surface area contributed by atoms with Gasteiger partial charge in [0.25, 0.3) is 0 Å². The summed E-state index contributed by atoms with van der Waals surface area (Å²) < 4.78 is 5.34. The Labute approximate surface area is 210 Å². The molecule has 0 N–H and O–H groups in total. The zero-order valence-corrected chi connectivity index (χ0v) is 19.8. The van der Waals surface area contributed by atoms with E-state index in [1.807, 2.05) is 91.0 Å². The molecule has 1 aliphatic rings. The van der Waals surface area contributed by atoms with Gasteiger partial charge in [-0.1, -0.05) is 91.0 Å². The second-order valence-electron chi connectivity index (χ2n) is 8.41. The number of carbonyl (C=O) groups is 1. The smallest absolute Gasteiger partial charge is 0.415 e. The summed E-state index contributed by atoms with van der Waals surface area (Å²) in [6, 6.07) is 31.6. The Morgan fingerprint density at radius 1 is 0.889 bits per heavy atom. The molecule has 2 heterocycles. The van der Waals surface area contributed by atoms with Crippen LogP contribution in [0.2, 0.25) is 0 Å². The minimum absolute atomic E-state index is 0.191. The molecule has 36 heavy (non-hydrogen) atoms. The van der Waals surface area contributed by atoms with E-state index < -0.39 is 11.6 Å². The van der Waals surface area contributed by atoms with E-state index in [2.05, 4.69) is 6.07 Å². The maximum absolute atomic E-state index is 13.1. The quantitative estimate of drug-likeness (QED) is 0.345. The molecule has 0 fully saturated rings. The molecular formula is C30H24N4O2.